The van der Waals surface area contributed by atoms with Gasteiger partial charge in [0.15, 0.2) is 11.5 Å². The third-order valence-corrected chi connectivity index (χ3v) is 7.01. The van der Waals surface area contributed by atoms with Crippen molar-refractivity contribution in [3.8, 4) is 11.5 Å². The molecule has 0 spiro atoms. The highest BCUT2D eigenvalue weighted by Gasteiger charge is 2.67. The van der Waals surface area contributed by atoms with Crippen molar-refractivity contribution in [2.75, 3.05) is 14.2 Å². The van der Waals surface area contributed by atoms with Gasteiger partial charge in [0.2, 0.25) is 0 Å². The maximum Gasteiger partial charge on any atom is 0.254 e. The first-order chi connectivity index (χ1) is 13.0. The monoisotopic (exact) mass is 430 g/mol. The Morgan fingerprint density at radius 2 is 1.70 bits per heavy atom. The number of rotatable bonds is 4. The standard InChI is InChI=1S/C20H19BrN2O4/c1-26-15-6-9(5-14(21)18(15)27-2)8-22-23-19(24)16-10-3-4-11(13-7-12(10)13)17(16)20(23)25/h3-6,8,10-13,16-17H,7H2,1-2H3/b22-8-/t10-,11-,12-,13+,16-,17+/m1/s1. The quantitative estimate of drug-likeness (QED) is 0.418. The Balaban J connectivity index is 1.43. The Hall–Kier alpha value is -2.15. The fourth-order valence-corrected chi connectivity index (χ4v) is 5.81. The fourth-order valence-electron chi connectivity index (χ4n) is 5.19. The van der Waals surface area contributed by atoms with Gasteiger partial charge in [0, 0.05) is 0 Å². The summed E-state index contributed by atoms with van der Waals surface area (Å²) in [5, 5.41) is 5.33. The van der Waals surface area contributed by atoms with E-state index in [0.29, 0.717) is 33.4 Å². The summed E-state index contributed by atoms with van der Waals surface area (Å²) in [6.45, 7) is 0. The van der Waals surface area contributed by atoms with E-state index < -0.39 is 0 Å². The van der Waals surface area contributed by atoms with Gasteiger partial charge in [-0.1, -0.05) is 12.2 Å². The van der Waals surface area contributed by atoms with Gasteiger partial charge in [0.05, 0.1) is 36.7 Å². The highest BCUT2D eigenvalue weighted by molar-refractivity contribution is 9.10. The summed E-state index contributed by atoms with van der Waals surface area (Å²) in [6, 6.07) is 3.56. The first-order valence-electron chi connectivity index (χ1n) is 9.06. The molecule has 6 nitrogen and oxygen atoms in total. The summed E-state index contributed by atoms with van der Waals surface area (Å²) in [4.78, 5) is 25.8. The number of hydrazone groups is 1. The third-order valence-electron chi connectivity index (χ3n) is 6.42. The molecular weight excluding hydrogens is 412 g/mol. The normalized spacial score (nSPS) is 35.6. The Morgan fingerprint density at radius 1 is 1.07 bits per heavy atom. The molecule has 1 aromatic carbocycles. The van der Waals surface area contributed by atoms with Crippen LogP contribution in [0, 0.1) is 35.5 Å². The summed E-state index contributed by atoms with van der Waals surface area (Å²) in [5.74, 6) is 1.92. The number of hydrogen-bond donors (Lipinski definition) is 0. The molecule has 2 saturated carbocycles. The van der Waals surface area contributed by atoms with E-state index in [-0.39, 0.29) is 35.5 Å². The SMILES string of the molecule is COc1cc(/C=N\N2C(=O)[C@@H]3[C@@H]4C=C[C@H]([C@@H]5C[C@H]45)[C@@H]3C2=O)cc(Br)c1OC. The van der Waals surface area contributed by atoms with E-state index in [1.807, 2.05) is 6.07 Å². The Bertz CT molecular complexity index is 875. The minimum Gasteiger partial charge on any atom is -0.493 e. The maximum absolute atomic E-state index is 12.9. The van der Waals surface area contributed by atoms with Gasteiger partial charge in [-0.15, -0.1) is 0 Å². The summed E-state index contributed by atoms with van der Waals surface area (Å²) >= 11 is 3.44. The second-order valence-corrected chi connectivity index (χ2v) is 8.48. The highest BCUT2D eigenvalue weighted by Crippen LogP contribution is 2.65. The lowest BCUT2D eigenvalue weighted by Gasteiger charge is -2.37. The van der Waals surface area contributed by atoms with E-state index in [1.54, 1.807) is 20.3 Å². The van der Waals surface area contributed by atoms with Gasteiger partial charge in [0.1, 0.15) is 0 Å². The van der Waals surface area contributed by atoms with Crippen LogP contribution in [0.4, 0.5) is 0 Å². The maximum atomic E-state index is 12.9. The molecule has 4 aliphatic carbocycles. The number of carbonyl (C=O) groups excluding carboxylic acids is 2. The summed E-state index contributed by atoms with van der Waals surface area (Å²) in [7, 11) is 3.12. The predicted octanol–water partition coefficient (Wildman–Crippen LogP) is 2.85. The van der Waals surface area contributed by atoms with Gasteiger partial charge in [-0.05, 0) is 63.7 Å². The second kappa shape index (κ2) is 5.92. The zero-order chi connectivity index (χ0) is 18.9. The molecule has 27 heavy (non-hydrogen) atoms. The van der Waals surface area contributed by atoms with E-state index in [1.165, 1.54) is 6.21 Å². The molecule has 1 heterocycles. The van der Waals surface area contributed by atoms with Crippen molar-refractivity contribution < 1.29 is 19.1 Å². The minimum atomic E-state index is -0.231. The van der Waals surface area contributed by atoms with Gasteiger partial charge in [0.25, 0.3) is 11.8 Å². The van der Waals surface area contributed by atoms with Crippen LogP contribution in [0.5, 0.6) is 11.5 Å². The molecule has 0 radical (unpaired) electrons. The van der Waals surface area contributed by atoms with Gasteiger partial charge < -0.3 is 9.47 Å². The highest BCUT2D eigenvalue weighted by atomic mass is 79.9. The molecule has 7 heteroatoms. The van der Waals surface area contributed by atoms with Crippen LogP contribution in [0.15, 0.2) is 33.9 Å². The van der Waals surface area contributed by atoms with Crippen LogP contribution in [0.1, 0.15) is 12.0 Å². The zero-order valence-electron chi connectivity index (χ0n) is 15.0. The van der Waals surface area contributed by atoms with Crippen molar-refractivity contribution in [2.45, 2.75) is 6.42 Å². The van der Waals surface area contributed by atoms with Crippen LogP contribution in [-0.2, 0) is 9.59 Å². The lowest BCUT2D eigenvalue weighted by atomic mass is 9.63. The van der Waals surface area contributed by atoms with Crippen LogP contribution in [-0.4, -0.2) is 37.3 Å². The van der Waals surface area contributed by atoms with Gasteiger partial charge in [-0.25, -0.2) is 0 Å². The number of allylic oxidation sites excluding steroid dienone is 2. The van der Waals surface area contributed by atoms with Gasteiger partial charge >= 0.3 is 0 Å². The van der Waals surface area contributed by atoms with Crippen LogP contribution >= 0.6 is 15.9 Å². The predicted molar refractivity (Wildman–Crippen MR) is 101 cm³/mol. The molecule has 0 aromatic heterocycles. The fraction of sp³-hybridized carbons (Fsp3) is 0.450. The van der Waals surface area contributed by atoms with Crippen molar-refractivity contribution in [1.82, 2.24) is 5.01 Å². The average molecular weight is 431 g/mol. The van der Waals surface area contributed by atoms with Crippen molar-refractivity contribution in [3.63, 3.8) is 0 Å². The molecule has 140 valence electrons. The lowest BCUT2D eigenvalue weighted by Crippen LogP contribution is -2.40. The number of methoxy groups -OCH3 is 2. The number of hydrogen-bond acceptors (Lipinski definition) is 5. The first-order valence-corrected chi connectivity index (χ1v) is 9.86. The number of carbonyl (C=O) groups is 2. The van der Waals surface area contributed by atoms with Crippen LogP contribution in [0.25, 0.3) is 0 Å². The van der Waals surface area contributed by atoms with Gasteiger partial charge in [-0.3, -0.25) is 9.59 Å². The summed E-state index contributed by atoms with van der Waals surface area (Å²) < 4.78 is 11.3. The Labute approximate surface area is 165 Å². The van der Waals surface area contributed by atoms with E-state index in [2.05, 4.69) is 33.2 Å². The number of ether oxygens (including phenoxy) is 2. The number of benzene rings is 1. The second-order valence-electron chi connectivity index (χ2n) is 7.63. The van der Waals surface area contributed by atoms with E-state index in [4.69, 9.17) is 9.47 Å². The minimum absolute atomic E-state index is 0.162. The molecule has 6 rings (SSSR count). The number of halogens is 1. The molecule has 2 amide bonds. The number of amides is 2. The first kappa shape index (κ1) is 17.0. The molecule has 1 aliphatic heterocycles. The summed E-state index contributed by atoms with van der Waals surface area (Å²) in [6.07, 6.45) is 6.99. The molecule has 5 aliphatic rings. The lowest BCUT2D eigenvalue weighted by molar-refractivity contribution is -0.140. The van der Waals surface area contributed by atoms with Crippen molar-refractivity contribution in [3.05, 3.63) is 34.3 Å². The number of imide groups is 1. The van der Waals surface area contributed by atoms with Crippen LogP contribution in [0.2, 0.25) is 0 Å². The Kier molecular flexibility index (Phi) is 3.73. The smallest absolute Gasteiger partial charge is 0.254 e. The molecule has 6 atom stereocenters. The van der Waals surface area contributed by atoms with E-state index in [0.717, 1.165) is 11.4 Å². The van der Waals surface area contributed by atoms with E-state index >= 15 is 0 Å². The summed E-state index contributed by atoms with van der Waals surface area (Å²) in [5.41, 5.74) is 0.707. The van der Waals surface area contributed by atoms with Crippen LogP contribution < -0.4 is 9.47 Å². The largest absolute Gasteiger partial charge is 0.493 e. The molecule has 1 saturated heterocycles. The number of nitrogens with zero attached hydrogens (tertiary/aromatic N) is 2. The van der Waals surface area contributed by atoms with Gasteiger partial charge in [-0.2, -0.15) is 10.1 Å². The third kappa shape index (κ3) is 2.33. The molecule has 0 unspecified atom stereocenters. The van der Waals surface area contributed by atoms with Crippen LogP contribution in [0.3, 0.4) is 0 Å². The topological polar surface area (TPSA) is 68.2 Å². The molecular formula is C20H19BrN2O4. The zero-order valence-corrected chi connectivity index (χ0v) is 16.5. The Morgan fingerprint density at radius 3 is 2.26 bits per heavy atom. The molecule has 3 fully saturated rings. The van der Waals surface area contributed by atoms with Crippen molar-refractivity contribution >= 4 is 34.0 Å². The van der Waals surface area contributed by atoms with E-state index in [9.17, 15) is 9.59 Å². The average Bonchev–Trinajstić information content (AvgIpc) is 3.45. The molecule has 0 N–H and O–H groups in total. The van der Waals surface area contributed by atoms with Crippen molar-refractivity contribution in [1.29, 1.82) is 0 Å². The molecule has 1 aromatic rings. The van der Waals surface area contributed by atoms with Crippen molar-refractivity contribution in [2.24, 2.45) is 40.6 Å². The molecule has 2 bridgehead atoms.